The summed E-state index contributed by atoms with van der Waals surface area (Å²) in [5.74, 6) is 0. The number of thiazole rings is 1. The van der Waals surface area contributed by atoms with Gasteiger partial charge in [0.15, 0.2) is 4.80 Å². The first-order valence-corrected chi connectivity index (χ1v) is 6.16. The van der Waals surface area contributed by atoms with Crippen LogP contribution in [0.2, 0.25) is 0 Å². The zero-order valence-electron chi connectivity index (χ0n) is 9.17. The molecule has 1 aliphatic heterocycles. The second-order valence-corrected chi connectivity index (χ2v) is 4.80. The predicted molar refractivity (Wildman–Crippen MR) is 61.5 cm³/mol. The molecule has 6 heteroatoms. The van der Waals surface area contributed by atoms with Gasteiger partial charge in [0.05, 0.1) is 6.04 Å². The van der Waals surface area contributed by atoms with Crippen LogP contribution in [0.5, 0.6) is 0 Å². The number of rotatable bonds is 1. The summed E-state index contributed by atoms with van der Waals surface area (Å²) in [6.07, 6.45) is 2.81. The third-order valence-electron chi connectivity index (χ3n) is 2.79. The average Bonchev–Trinajstić information content (AvgIpc) is 2.65. The minimum absolute atomic E-state index is 0.264. The van der Waals surface area contributed by atoms with Crippen LogP contribution < -0.4 is 4.80 Å². The molecule has 5 nitrogen and oxygen atoms in total. The lowest BCUT2D eigenvalue weighted by atomic mass is 10.1. The van der Waals surface area contributed by atoms with Crippen molar-refractivity contribution in [1.29, 1.82) is 0 Å². The molecule has 0 saturated carbocycles. The van der Waals surface area contributed by atoms with Gasteiger partial charge in [-0.25, -0.2) is 4.79 Å². The van der Waals surface area contributed by atoms with Crippen molar-refractivity contribution >= 4 is 17.4 Å². The molecule has 0 aromatic carbocycles. The molecule has 88 valence electrons. The number of nitrogens with zero attached hydrogens (tertiary/aromatic N) is 3. The zero-order chi connectivity index (χ0) is 11.5. The molecular weight excluding hydrogens is 226 g/mol. The van der Waals surface area contributed by atoms with E-state index in [2.05, 4.69) is 4.99 Å². The Morgan fingerprint density at radius 3 is 2.75 bits per heavy atom. The van der Waals surface area contributed by atoms with Crippen LogP contribution >= 0.6 is 11.3 Å². The number of hydrogen-bond acceptors (Lipinski definition) is 3. The topological polar surface area (TPSA) is 57.8 Å². The number of aryl methyl sites for hydroxylation is 1. The fourth-order valence-corrected chi connectivity index (χ4v) is 2.60. The van der Waals surface area contributed by atoms with Gasteiger partial charge in [-0.05, 0) is 12.8 Å². The highest BCUT2D eigenvalue weighted by molar-refractivity contribution is 7.07. The van der Waals surface area contributed by atoms with Crippen LogP contribution in [0.15, 0.2) is 16.6 Å². The lowest BCUT2D eigenvalue weighted by Gasteiger charge is -2.27. The van der Waals surface area contributed by atoms with Gasteiger partial charge in [0.1, 0.15) is 0 Å². The molecule has 0 spiro atoms. The minimum Gasteiger partial charge on any atom is -0.465 e. The van der Waals surface area contributed by atoms with E-state index in [0.717, 1.165) is 17.6 Å². The summed E-state index contributed by atoms with van der Waals surface area (Å²) in [6.45, 7) is 1.19. The van der Waals surface area contributed by atoms with Crippen molar-refractivity contribution in [3.05, 3.63) is 16.4 Å². The first kappa shape index (κ1) is 11.2. The molecule has 1 aliphatic rings. The van der Waals surface area contributed by atoms with E-state index >= 15 is 0 Å². The van der Waals surface area contributed by atoms with Crippen LogP contribution in [-0.2, 0) is 7.05 Å². The molecule has 1 saturated heterocycles. The van der Waals surface area contributed by atoms with Crippen LogP contribution in [0.25, 0.3) is 0 Å². The predicted octanol–water partition coefficient (Wildman–Crippen LogP) is 1.13. The molecule has 1 aromatic heterocycles. The third kappa shape index (κ3) is 2.44. The molecule has 0 aliphatic carbocycles. The Balaban J connectivity index is 2.01. The Morgan fingerprint density at radius 2 is 2.25 bits per heavy atom. The maximum Gasteiger partial charge on any atom is 0.407 e. The van der Waals surface area contributed by atoms with Gasteiger partial charge in [-0.2, -0.15) is 0 Å². The normalized spacial score (nSPS) is 19.1. The lowest BCUT2D eigenvalue weighted by Crippen LogP contribution is -2.39. The highest BCUT2D eigenvalue weighted by atomic mass is 32.1. The van der Waals surface area contributed by atoms with Crippen LogP contribution in [-0.4, -0.2) is 39.8 Å². The first-order chi connectivity index (χ1) is 7.66. The molecule has 1 N–H and O–H groups in total. The van der Waals surface area contributed by atoms with E-state index in [1.54, 1.807) is 11.3 Å². The maximum atomic E-state index is 10.7. The monoisotopic (exact) mass is 241 g/mol. The van der Waals surface area contributed by atoms with Crippen LogP contribution in [0.4, 0.5) is 4.79 Å². The molecule has 1 fully saturated rings. The van der Waals surface area contributed by atoms with E-state index < -0.39 is 6.09 Å². The van der Waals surface area contributed by atoms with Crippen LogP contribution in [0, 0.1) is 0 Å². The van der Waals surface area contributed by atoms with Gasteiger partial charge in [0.25, 0.3) is 0 Å². The van der Waals surface area contributed by atoms with Crippen molar-refractivity contribution in [2.45, 2.75) is 18.9 Å². The van der Waals surface area contributed by atoms with Gasteiger partial charge in [-0.1, -0.05) is 0 Å². The highest BCUT2D eigenvalue weighted by Gasteiger charge is 2.21. The summed E-state index contributed by atoms with van der Waals surface area (Å²) in [5.41, 5.74) is 0. The molecule has 0 bridgehead atoms. The largest absolute Gasteiger partial charge is 0.465 e. The molecule has 1 amide bonds. The number of carboxylic acid groups (broad SMARTS) is 1. The molecule has 2 heterocycles. The molecule has 0 unspecified atom stereocenters. The van der Waals surface area contributed by atoms with Crippen LogP contribution in [0.1, 0.15) is 12.8 Å². The van der Waals surface area contributed by atoms with E-state index in [-0.39, 0.29) is 6.04 Å². The second-order valence-electron chi connectivity index (χ2n) is 3.93. The summed E-state index contributed by atoms with van der Waals surface area (Å²) < 4.78 is 1.99. The van der Waals surface area contributed by atoms with Crippen molar-refractivity contribution in [2.75, 3.05) is 13.1 Å². The van der Waals surface area contributed by atoms with Crippen LogP contribution in [0.3, 0.4) is 0 Å². The summed E-state index contributed by atoms with van der Waals surface area (Å²) >= 11 is 1.62. The van der Waals surface area contributed by atoms with Gasteiger partial charge in [0, 0.05) is 31.7 Å². The molecule has 1 aromatic rings. The van der Waals surface area contributed by atoms with Gasteiger partial charge >= 0.3 is 6.09 Å². The Hall–Kier alpha value is -1.30. The Bertz CT molecular complexity index is 429. The fourth-order valence-electron chi connectivity index (χ4n) is 1.79. The van der Waals surface area contributed by atoms with E-state index in [1.807, 2.05) is 23.2 Å². The van der Waals surface area contributed by atoms with Gasteiger partial charge in [0.2, 0.25) is 0 Å². The lowest BCUT2D eigenvalue weighted by molar-refractivity contribution is 0.132. The van der Waals surface area contributed by atoms with Crippen molar-refractivity contribution in [2.24, 2.45) is 12.0 Å². The van der Waals surface area contributed by atoms with Gasteiger partial charge in [-0.15, -0.1) is 11.3 Å². The standard InChI is InChI=1S/C10H15N3O2S/c1-12-6-7-16-9(12)11-8-2-4-13(5-3-8)10(14)15/h6-8H,2-5H2,1H3,(H,14,15)/b11-9-. The Kier molecular flexibility index (Phi) is 3.28. The number of piperidine rings is 1. The van der Waals surface area contributed by atoms with Crippen molar-refractivity contribution in [1.82, 2.24) is 9.47 Å². The van der Waals surface area contributed by atoms with E-state index in [0.29, 0.717) is 13.1 Å². The van der Waals surface area contributed by atoms with E-state index in [4.69, 9.17) is 5.11 Å². The number of likely N-dealkylation sites (tertiary alicyclic amines) is 1. The fraction of sp³-hybridized carbons (Fsp3) is 0.600. The zero-order valence-corrected chi connectivity index (χ0v) is 9.98. The van der Waals surface area contributed by atoms with E-state index in [1.165, 1.54) is 4.90 Å². The maximum absolute atomic E-state index is 10.7. The SMILES string of the molecule is Cn1ccs/c1=N\C1CCN(C(=O)O)CC1. The Morgan fingerprint density at radius 1 is 1.56 bits per heavy atom. The third-order valence-corrected chi connectivity index (χ3v) is 3.65. The van der Waals surface area contributed by atoms with E-state index in [9.17, 15) is 4.79 Å². The van der Waals surface area contributed by atoms with Gasteiger partial charge in [-0.3, -0.25) is 4.99 Å². The number of aromatic nitrogens is 1. The number of carbonyl (C=O) groups is 1. The quantitative estimate of drug-likeness (QED) is 0.801. The van der Waals surface area contributed by atoms with Gasteiger partial charge < -0.3 is 14.6 Å². The Labute approximate surface area is 97.7 Å². The van der Waals surface area contributed by atoms with Crippen molar-refractivity contribution in [3.8, 4) is 0 Å². The number of amides is 1. The second kappa shape index (κ2) is 4.69. The molecular formula is C10H15N3O2S. The molecule has 0 atom stereocenters. The smallest absolute Gasteiger partial charge is 0.407 e. The molecule has 0 radical (unpaired) electrons. The summed E-state index contributed by atoms with van der Waals surface area (Å²) in [6, 6.07) is 0.264. The average molecular weight is 241 g/mol. The summed E-state index contributed by atoms with van der Waals surface area (Å²) in [4.78, 5) is 17.8. The molecule has 16 heavy (non-hydrogen) atoms. The molecule has 2 rings (SSSR count). The van der Waals surface area contributed by atoms with Crippen molar-refractivity contribution in [3.63, 3.8) is 0 Å². The van der Waals surface area contributed by atoms with Crippen molar-refractivity contribution < 1.29 is 9.90 Å². The first-order valence-electron chi connectivity index (χ1n) is 5.28. The summed E-state index contributed by atoms with van der Waals surface area (Å²) in [7, 11) is 1.97. The minimum atomic E-state index is -0.819. The number of hydrogen-bond donors (Lipinski definition) is 1. The highest BCUT2D eigenvalue weighted by Crippen LogP contribution is 2.13. The summed E-state index contributed by atoms with van der Waals surface area (Å²) in [5, 5.41) is 10.8.